The summed E-state index contributed by atoms with van der Waals surface area (Å²) in [6.07, 6.45) is 4.03. The Morgan fingerprint density at radius 3 is 2.25 bits per heavy atom. The van der Waals surface area contributed by atoms with Crippen molar-refractivity contribution < 1.29 is 0 Å². The van der Waals surface area contributed by atoms with Crippen LogP contribution < -0.4 is 0 Å². The van der Waals surface area contributed by atoms with Crippen molar-refractivity contribution in [3.63, 3.8) is 0 Å². The summed E-state index contributed by atoms with van der Waals surface area (Å²) in [6.45, 7) is 8.60. The van der Waals surface area contributed by atoms with E-state index in [0.717, 1.165) is 5.69 Å². The average molecular weight is 214 g/mol. The molecular formula is C14H18N2. The third kappa shape index (κ3) is 1.87. The summed E-state index contributed by atoms with van der Waals surface area (Å²) in [4.78, 5) is 4.44. The van der Waals surface area contributed by atoms with Gasteiger partial charge in [0.2, 0.25) is 0 Å². The molecule has 0 unspecified atom stereocenters. The van der Waals surface area contributed by atoms with Crippen LogP contribution in [0.2, 0.25) is 0 Å². The van der Waals surface area contributed by atoms with Crippen LogP contribution in [0.3, 0.4) is 0 Å². The van der Waals surface area contributed by atoms with Gasteiger partial charge in [0.15, 0.2) is 0 Å². The average Bonchev–Trinajstić information content (AvgIpc) is 2.66. The van der Waals surface area contributed by atoms with Gasteiger partial charge in [-0.05, 0) is 30.9 Å². The first-order chi connectivity index (χ1) is 7.59. The minimum atomic E-state index is 0.477. The molecular weight excluding hydrogens is 196 g/mol. The summed E-state index contributed by atoms with van der Waals surface area (Å²) >= 11 is 0. The van der Waals surface area contributed by atoms with Crippen LogP contribution in [0.15, 0.2) is 30.7 Å². The summed E-state index contributed by atoms with van der Waals surface area (Å²) in [5.41, 5.74) is 4.96. The highest BCUT2D eigenvalue weighted by Crippen LogP contribution is 2.20. The van der Waals surface area contributed by atoms with Crippen LogP contribution in [-0.2, 0) is 0 Å². The van der Waals surface area contributed by atoms with E-state index in [0.29, 0.717) is 5.92 Å². The van der Waals surface area contributed by atoms with Crippen molar-refractivity contribution in [1.29, 1.82) is 0 Å². The van der Waals surface area contributed by atoms with Gasteiger partial charge in [-0.3, -0.25) is 0 Å². The van der Waals surface area contributed by atoms with Crippen molar-refractivity contribution in [2.75, 3.05) is 0 Å². The summed E-state index contributed by atoms with van der Waals surface area (Å²) in [5, 5.41) is 0. The molecule has 0 spiro atoms. The zero-order chi connectivity index (χ0) is 11.7. The van der Waals surface area contributed by atoms with Gasteiger partial charge < -0.3 is 4.57 Å². The molecule has 0 atom stereocenters. The van der Waals surface area contributed by atoms with Gasteiger partial charge in [-0.25, -0.2) is 4.98 Å². The Morgan fingerprint density at radius 2 is 1.75 bits per heavy atom. The quantitative estimate of drug-likeness (QED) is 0.746. The van der Waals surface area contributed by atoms with Crippen LogP contribution in [0.5, 0.6) is 0 Å². The van der Waals surface area contributed by atoms with Crippen LogP contribution in [0.4, 0.5) is 0 Å². The second kappa shape index (κ2) is 4.12. The predicted octanol–water partition coefficient (Wildman–Crippen LogP) is 3.61. The molecule has 0 fully saturated rings. The Kier molecular flexibility index (Phi) is 2.82. The fourth-order valence-corrected chi connectivity index (χ4v) is 1.97. The maximum atomic E-state index is 4.44. The van der Waals surface area contributed by atoms with Gasteiger partial charge in [0.05, 0.1) is 17.7 Å². The molecule has 16 heavy (non-hydrogen) atoms. The third-order valence-corrected chi connectivity index (χ3v) is 2.89. The van der Waals surface area contributed by atoms with E-state index >= 15 is 0 Å². The van der Waals surface area contributed by atoms with Crippen LogP contribution in [0.1, 0.15) is 36.6 Å². The van der Waals surface area contributed by atoms with E-state index in [9.17, 15) is 0 Å². The van der Waals surface area contributed by atoms with Gasteiger partial charge in [-0.1, -0.05) is 32.0 Å². The zero-order valence-electron chi connectivity index (χ0n) is 10.4. The third-order valence-electron chi connectivity index (χ3n) is 2.89. The summed E-state index contributed by atoms with van der Waals surface area (Å²) in [5.74, 6) is 0.477. The van der Waals surface area contributed by atoms with Crippen LogP contribution >= 0.6 is 0 Å². The smallest absolute Gasteiger partial charge is 0.0995 e. The highest BCUT2D eigenvalue weighted by molar-refractivity contribution is 5.47. The molecule has 0 saturated carbocycles. The Labute approximate surface area is 97.0 Å². The van der Waals surface area contributed by atoms with Gasteiger partial charge in [-0.2, -0.15) is 0 Å². The lowest BCUT2D eigenvalue weighted by Gasteiger charge is -2.09. The molecule has 0 N–H and O–H groups in total. The highest BCUT2D eigenvalue weighted by Gasteiger charge is 2.07. The summed E-state index contributed by atoms with van der Waals surface area (Å²) < 4.78 is 2.12. The van der Waals surface area contributed by atoms with E-state index in [-0.39, 0.29) is 0 Å². The number of imidazole rings is 1. The Morgan fingerprint density at radius 1 is 1.12 bits per heavy atom. The first-order valence-corrected chi connectivity index (χ1v) is 5.70. The SMILES string of the molecule is Cc1cccc(C)c1-n1cnc(C(C)C)c1. The molecule has 2 heteroatoms. The maximum Gasteiger partial charge on any atom is 0.0995 e. The van der Waals surface area contributed by atoms with Crippen LogP contribution in [0, 0.1) is 13.8 Å². The number of aryl methyl sites for hydroxylation is 2. The van der Waals surface area contributed by atoms with Crippen molar-refractivity contribution in [3.05, 3.63) is 47.5 Å². The van der Waals surface area contributed by atoms with E-state index < -0.39 is 0 Å². The van der Waals surface area contributed by atoms with Gasteiger partial charge in [-0.15, -0.1) is 0 Å². The van der Waals surface area contributed by atoms with Gasteiger partial charge in [0.25, 0.3) is 0 Å². The molecule has 1 aromatic heterocycles. The molecule has 0 saturated heterocycles. The zero-order valence-corrected chi connectivity index (χ0v) is 10.4. The minimum absolute atomic E-state index is 0.477. The number of para-hydroxylation sites is 1. The van der Waals surface area contributed by atoms with E-state index in [1.807, 2.05) is 6.33 Å². The van der Waals surface area contributed by atoms with Crippen molar-refractivity contribution in [1.82, 2.24) is 9.55 Å². The van der Waals surface area contributed by atoms with Crippen molar-refractivity contribution in [3.8, 4) is 5.69 Å². The van der Waals surface area contributed by atoms with Gasteiger partial charge in [0.1, 0.15) is 0 Å². The number of rotatable bonds is 2. The lowest BCUT2D eigenvalue weighted by molar-refractivity contribution is 0.831. The molecule has 0 bridgehead atoms. The molecule has 0 aliphatic carbocycles. The second-order valence-corrected chi connectivity index (χ2v) is 4.60. The number of hydrogen-bond acceptors (Lipinski definition) is 1. The maximum absolute atomic E-state index is 4.44. The summed E-state index contributed by atoms with van der Waals surface area (Å²) in [6, 6.07) is 6.36. The van der Waals surface area contributed by atoms with Crippen LogP contribution in [0.25, 0.3) is 5.69 Å². The Balaban J connectivity index is 2.50. The number of nitrogens with zero attached hydrogens (tertiary/aromatic N) is 2. The second-order valence-electron chi connectivity index (χ2n) is 4.60. The van der Waals surface area contributed by atoms with Gasteiger partial charge in [0, 0.05) is 6.20 Å². The molecule has 2 rings (SSSR count). The molecule has 1 heterocycles. The van der Waals surface area contributed by atoms with E-state index in [1.165, 1.54) is 16.8 Å². The summed E-state index contributed by atoms with van der Waals surface area (Å²) in [7, 11) is 0. The Hall–Kier alpha value is -1.57. The van der Waals surface area contributed by atoms with E-state index in [4.69, 9.17) is 0 Å². The van der Waals surface area contributed by atoms with Crippen molar-refractivity contribution >= 4 is 0 Å². The molecule has 0 radical (unpaired) electrons. The number of hydrogen-bond donors (Lipinski definition) is 0. The van der Waals surface area contributed by atoms with E-state index in [2.05, 4.69) is 61.6 Å². The Bertz CT molecular complexity index is 475. The van der Waals surface area contributed by atoms with Crippen LogP contribution in [-0.4, -0.2) is 9.55 Å². The highest BCUT2D eigenvalue weighted by atomic mass is 15.0. The lowest BCUT2D eigenvalue weighted by atomic mass is 10.1. The van der Waals surface area contributed by atoms with Crippen molar-refractivity contribution in [2.24, 2.45) is 0 Å². The monoisotopic (exact) mass is 214 g/mol. The molecule has 0 aliphatic heterocycles. The normalized spacial score (nSPS) is 11.1. The molecule has 1 aromatic carbocycles. The lowest BCUT2D eigenvalue weighted by Crippen LogP contribution is -1.97. The molecule has 2 nitrogen and oxygen atoms in total. The van der Waals surface area contributed by atoms with E-state index in [1.54, 1.807) is 0 Å². The van der Waals surface area contributed by atoms with Gasteiger partial charge >= 0.3 is 0 Å². The molecule has 84 valence electrons. The number of benzene rings is 1. The fourth-order valence-electron chi connectivity index (χ4n) is 1.97. The first kappa shape index (κ1) is 10.9. The largest absolute Gasteiger partial charge is 0.305 e. The standard InChI is InChI=1S/C14H18N2/c1-10(2)13-8-16(9-15-13)14-11(3)6-5-7-12(14)4/h5-10H,1-4H3. The first-order valence-electron chi connectivity index (χ1n) is 5.70. The molecule has 0 amide bonds. The van der Waals surface area contributed by atoms with Crippen molar-refractivity contribution in [2.45, 2.75) is 33.6 Å². The molecule has 2 aromatic rings. The molecule has 0 aliphatic rings. The topological polar surface area (TPSA) is 17.8 Å². The predicted molar refractivity (Wildman–Crippen MR) is 67.1 cm³/mol. The fraction of sp³-hybridized carbons (Fsp3) is 0.357. The minimum Gasteiger partial charge on any atom is -0.305 e. The number of aromatic nitrogens is 2.